The summed E-state index contributed by atoms with van der Waals surface area (Å²) in [6.45, 7) is 0.407. The van der Waals surface area contributed by atoms with E-state index < -0.39 is 11.9 Å². The number of oxime groups is 1. The number of carbonyl (C=O) groups is 1. The third kappa shape index (κ3) is 4.36. The van der Waals surface area contributed by atoms with Crippen molar-refractivity contribution in [2.75, 3.05) is 20.8 Å². The summed E-state index contributed by atoms with van der Waals surface area (Å²) in [5, 5.41) is 6.88. The Morgan fingerprint density at radius 3 is 2.79 bits per heavy atom. The third-order valence-electron chi connectivity index (χ3n) is 4.37. The van der Waals surface area contributed by atoms with Gasteiger partial charge >= 0.3 is 0 Å². The minimum Gasteiger partial charge on any atom is -0.493 e. The highest BCUT2D eigenvalue weighted by Crippen LogP contribution is 2.28. The van der Waals surface area contributed by atoms with Gasteiger partial charge in [0.1, 0.15) is 5.82 Å². The molecule has 1 amide bonds. The van der Waals surface area contributed by atoms with Gasteiger partial charge in [0.2, 0.25) is 6.10 Å². The topological polar surface area (TPSA) is 69.2 Å². The molecular weight excluding hydrogens is 387 g/mol. The molecule has 2 aromatic carbocycles. The van der Waals surface area contributed by atoms with Crippen molar-refractivity contribution < 1.29 is 23.5 Å². The number of hydrogen-bond donors (Lipinski definition) is 1. The lowest BCUT2D eigenvalue weighted by Crippen LogP contribution is -2.36. The van der Waals surface area contributed by atoms with E-state index >= 15 is 0 Å². The summed E-state index contributed by atoms with van der Waals surface area (Å²) >= 11 is 6.04. The van der Waals surface area contributed by atoms with Crippen LogP contribution in [0, 0.1) is 5.82 Å². The number of halogens is 2. The van der Waals surface area contributed by atoms with Crippen LogP contribution in [0.3, 0.4) is 0 Å². The molecule has 148 valence electrons. The first-order valence-corrected chi connectivity index (χ1v) is 9.07. The van der Waals surface area contributed by atoms with Gasteiger partial charge in [-0.05, 0) is 36.2 Å². The SMILES string of the molecule is COc1ccc(CCNC(=O)C2CC(c3c(F)cccc3Cl)=NO2)cc1OC. The van der Waals surface area contributed by atoms with Gasteiger partial charge in [-0.25, -0.2) is 4.39 Å². The maximum Gasteiger partial charge on any atom is 0.264 e. The van der Waals surface area contributed by atoms with Gasteiger partial charge in [0.05, 0.1) is 30.5 Å². The van der Waals surface area contributed by atoms with Crippen molar-refractivity contribution in [2.45, 2.75) is 18.9 Å². The number of carbonyl (C=O) groups excluding carboxylic acids is 1. The second-order valence-corrected chi connectivity index (χ2v) is 6.57. The first kappa shape index (κ1) is 19.9. The number of nitrogens with zero attached hydrogens (tertiary/aromatic N) is 1. The molecule has 1 heterocycles. The molecule has 1 unspecified atom stereocenters. The molecule has 0 aliphatic carbocycles. The van der Waals surface area contributed by atoms with Crippen LogP contribution >= 0.6 is 11.6 Å². The van der Waals surface area contributed by atoms with E-state index in [-0.39, 0.29) is 22.9 Å². The smallest absolute Gasteiger partial charge is 0.264 e. The highest BCUT2D eigenvalue weighted by Gasteiger charge is 2.30. The highest BCUT2D eigenvalue weighted by atomic mass is 35.5. The highest BCUT2D eigenvalue weighted by molar-refractivity contribution is 6.34. The summed E-state index contributed by atoms with van der Waals surface area (Å²) in [4.78, 5) is 17.5. The van der Waals surface area contributed by atoms with Crippen molar-refractivity contribution in [1.82, 2.24) is 5.32 Å². The van der Waals surface area contributed by atoms with Gasteiger partial charge in [-0.3, -0.25) is 4.79 Å². The Balaban J connectivity index is 1.53. The molecule has 0 saturated carbocycles. The van der Waals surface area contributed by atoms with Gasteiger partial charge in [0.15, 0.2) is 11.5 Å². The first-order valence-electron chi connectivity index (χ1n) is 8.69. The summed E-state index contributed by atoms with van der Waals surface area (Å²) in [6.07, 6.45) is -0.0507. The lowest BCUT2D eigenvalue weighted by atomic mass is 10.0. The summed E-state index contributed by atoms with van der Waals surface area (Å²) < 4.78 is 24.5. The number of hydrogen-bond acceptors (Lipinski definition) is 5. The van der Waals surface area contributed by atoms with E-state index in [2.05, 4.69) is 10.5 Å². The molecule has 0 spiro atoms. The zero-order chi connectivity index (χ0) is 20.1. The first-order chi connectivity index (χ1) is 13.5. The number of methoxy groups -OCH3 is 2. The third-order valence-corrected chi connectivity index (χ3v) is 4.69. The minimum absolute atomic E-state index is 0.156. The van der Waals surface area contributed by atoms with E-state index in [0.29, 0.717) is 30.2 Å². The average molecular weight is 407 g/mol. The Morgan fingerprint density at radius 1 is 1.29 bits per heavy atom. The predicted molar refractivity (Wildman–Crippen MR) is 104 cm³/mol. The molecule has 1 aliphatic rings. The molecule has 0 radical (unpaired) electrons. The van der Waals surface area contributed by atoms with Crippen LogP contribution in [0.15, 0.2) is 41.6 Å². The molecule has 0 fully saturated rings. The van der Waals surface area contributed by atoms with Crippen LogP contribution in [-0.2, 0) is 16.1 Å². The van der Waals surface area contributed by atoms with Crippen molar-refractivity contribution in [3.63, 3.8) is 0 Å². The summed E-state index contributed by atoms with van der Waals surface area (Å²) in [6, 6.07) is 9.95. The fraction of sp³-hybridized carbons (Fsp3) is 0.300. The van der Waals surface area contributed by atoms with Gasteiger partial charge in [0.25, 0.3) is 5.91 Å². The Morgan fingerprint density at radius 2 is 2.07 bits per heavy atom. The van der Waals surface area contributed by atoms with Crippen LogP contribution in [-0.4, -0.2) is 38.5 Å². The van der Waals surface area contributed by atoms with Crippen LogP contribution in [0.2, 0.25) is 5.02 Å². The second-order valence-electron chi connectivity index (χ2n) is 6.16. The number of benzene rings is 2. The van der Waals surface area contributed by atoms with Crippen molar-refractivity contribution >= 4 is 23.2 Å². The molecule has 1 aliphatic heterocycles. The van der Waals surface area contributed by atoms with Gasteiger partial charge in [-0.1, -0.05) is 28.9 Å². The Bertz CT molecular complexity index is 884. The fourth-order valence-corrected chi connectivity index (χ4v) is 3.19. The number of ether oxygens (including phenoxy) is 2. The molecule has 0 bridgehead atoms. The fourth-order valence-electron chi connectivity index (χ4n) is 2.92. The molecule has 2 aromatic rings. The average Bonchev–Trinajstić information content (AvgIpc) is 3.17. The van der Waals surface area contributed by atoms with Crippen LogP contribution in [0.5, 0.6) is 11.5 Å². The molecule has 28 heavy (non-hydrogen) atoms. The number of amides is 1. The van der Waals surface area contributed by atoms with Crippen LogP contribution in [0.1, 0.15) is 17.5 Å². The molecule has 6 nitrogen and oxygen atoms in total. The van der Waals surface area contributed by atoms with Crippen molar-refractivity contribution in [2.24, 2.45) is 5.16 Å². The van der Waals surface area contributed by atoms with Crippen LogP contribution in [0.25, 0.3) is 0 Å². The maximum absolute atomic E-state index is 14.0. The zero-order valence-electron chi connectivity index (χ0n) is 15.5. The van der Waals surface area contributed by atoms with E-state index in [4.69, 9.17) is 25.9 Å². The maximum atomic E-state index is 14.0. The van der Waals surface area contributed by atoms with Gasteiger partial charge in [-0.15, -0.1) is 0 Å². The van der Waals surface area contributed by atoms with Gasteiger partial charge < -0.3 is 19.6 Å². The number of nitrogens with one attached hydrogen (secondary N) is 1. The molecular formula is C20H20ClFN2O4. The Labute approximate surface area is 167 Å². The molecule has 0 saturated heterocycles. The summed E-state index contributed by atoms with van der Waals surface area (Å²) in [5.41, 5.74) is 1.48. The Hall–Kier alpha value is -2.80. The standard InChI is InChI=1S/C20H20ClFN2O4/c1-26-16-7-6-12(10-17(16)27-2)8-9-23-20(25)18-11-15(24-28-18)19-13(21)4-3-5-14(19)22/h3-7,10,18H,8-9,11H2,1-2H3,(H,23,25). The summed E-state index contributed by atoms with van der Waals surface area (Å²) in [7, 11) is 3.14. The zero-order valence-corrected chi connectivity index (χ0v) is 16.3. The number of rotatable bonds is 7. The van der Waals surface area contributed by atoms with E-state index in [1.54, 1.807) is 20.3 Å². The van der Waals surface area contributed by atoms with E-state index in [1.807, 2.05) is 18.2 Å². The Kier molecular flexibility index (Phi) is 6.36. The molecule has 1 atom stereocenters. The quantitative estimate of drug-likeness (QED) is 0.765. The van der Waals surface area contributed by atoms with Crippen LogP contribution in [0.4, 0.5) is 4.39 Å². The van der Waals surface area contributed by atoms with Crippen molar-refractivity contribution in [3.8, 4) is 11.5 Å². The summed E-state index contributed by atoms with van der Waals surface area (Å²) in [5.74, 6) is 0.465. The molecule has 8 heteroatoms. The molecule has 3 rings (SSSR count). The van der Waals surface area contributed by atoms with Crippen LogP contribution < -0.4 is 14.8 Å². The molecule has 1 N–H and O–H groups in total. The van der Waals surface area contributed by atoms with E-state index in [1.165, 1.54) is 12.1 Å². The van der Waals surface area contributed by atoms with Gasteiger partial charge in [0, 0.05) is 13.0 Å². The second kappa shape index (κ2) is 8.93. The minimum atomic E-state index is -0.809. The largest absolute Gasteiger partial charge is 0.493 e. The monoisotopic (exact) mass is 406 g/mol. The predicted octanol–water partition coefficient (Wildman–Crippen LogP) is 3.35. The van der Waals surface area contributed by atoms with Gasteiger partial charge in [-0.2, -0.15) is 0 Å². The van der Waals surface area contributed by atoms with E-state index in [9.17, 15) is 9.18 Å². The molecule has 0 aromatic heterocycles. The lowest BCUT2D eigenvalue weighted by molar-refractivity contribution is -0.131. The van der Waals surface area contributed by atoms with E-state index in [0.717, 1.165) is 5.56 Å². The van der Waals surface area contributed by atoms with Crippen molar-refractivity contribution in [3.05, 3.63) is 58.4 Å². The van der Waals surface area contributed by atoms with Crippen molar-refractivity contribution in [1.29, 1.82) is 0 Å². The lowest BCUT2D eigenvalue weighted by Gasteiger charge is -2.11. The normalized spacial score (nSPS) is 15.6.